The molecule has 0 atom stereocenters. The Balaban J connectivity index is 1.95. The van der Waals surface area contributed by atoms with E-state index in [0.717, 1.165) is 10.6 Å². The van der Waals surface area contributed by atoms with Gasteiger partial charge in [0, 0.05) is 23.3 Å². The van der Waals surface area contributed by atoms with Crippen LogP contribution in [0.15, 0.2) is 29.9 Å². The summed E-state index contributed by atoms with van der Waals surface area (Å²) >= 11 is 1.50. The van der Waals surface area contributed by atoms with Crippen LogP contribution < -0.4 is 11.1 Å². The van der Waals surface area contributed by atoms with Crippen LogP contribution in [0.25, 0.3) is 0 Å². The van der Waals surface area contributed by atoms with Crippen LogP contribution in [0.3, 0.4) is 0 Å². The third-order valence-corrected chi connectivity index (χ3v) is 2.99. The zero-order valence-corrected chi connectivity index (χ0v) is 10.9. The van der Waals surface area contributed by atoms with Gasteiger partial charge in [-0.05, 0) is 12.1 Å². The van der Waals surface area contributed by atoms with Gasteiger partial charge in [-0.15, -0.1) is 11.3 Å². The van der Waals surface area contributed by atoms with Gasteiger partial charge in [0.25, 0.3) is 5.91 Å². The standard InChI is InChI=1S/C13H12N4OS/c14-5-1-2-10-3-4-11(16-8-10)13(18)17-9-12-15-6-7-19-12/h3-4,6-8H,5,9,14H2,(H,17,18). The van der Waals surface area contributed by atoms with Crippen molar-refractivity contribution in [2.75, 3.05) is 6.54 Å². The lowest BCUT2D eigenvalue weighted by atomic mass is 10.2. The van der Waals surface area contributed by atoms with Crippen molar-refractivity contribution in [1.82, 2.24) is 15.3 Å². The Bertz CT molecular complexity index is 596. The van der Waals surface area contributed by atoms with Crippen molar-refractivity contribution in [2.24, 2.45) is 5.73 Å². The number of hydrogen-bond acceptors (Lipinski definition) is 5. The number of thiazole rings is 1. The molecule has 0 fully saturated rings. The summed E-state index contributed by atoms with van der Waals surface area (Å²) in [4.78, 5) is 20.0. The van der Waals surface area contributed by atoms with Crippen LogP contribution in [0, 0.1) is 11.8 Å². The molecule has 0 aliphatic heterocycles. The number of amides is 1. The maximum atomic E-state index is 11.8. The predicted molar refractivity (Wildman–Crippen MR) is 73.5 cm³/mol. The summed E-state index contributed by atoms with van der Waals surface area (Å²) in [6, 6.07) is 3.38. The smallest absolute Gasteiger partial charge is 0.270 e. The fraction of sp³-hybridized carbons (Fsp3) is 0.154. The Morgan fingerprint density at radius 1 is 1.42 bits per heavy atom. The molecule has 2 rings (SSSR count). The second-order valence-corrected chi connectivity index (χ2v) is 4.53. The molecule has 0 bridgehead atoms. The van der Waals surface area contributed by atoms with Crippen molar-refractivity contribution in [2.45, 2.75) is 6.54 Å². The van der Waals surface area contributed by atoms with E-state index < -0.39 is 0 Å². The largest absolute Gasteiger partial charge is 0.344 e. The minimum Gasteiger partial charge on any atom is -0.344 e. The Morgan fingerprint density at radius 3 is 2.95 bits per heavy atom. The monoisotopic (exact) mass is 272 g/mol. The topological polar surface area (TPSA) is 80.9 Å². The molecule has 0 saturated heterocycles. The fourth-order valence-electron chi connectivity index (χ4n) is 1.34. The number of carbonyl (C=O) groups is 1. The van der Waals surface area contributed by atoms with Gasteiger partial charge in [0.05, 0.1) is 13.1 Å². The Morgan fingerprint density at radius 2 is 2.32 bits per heavy atom. The highest BCUT2D eigenvalue weighted by molar-refractivity contribution is 7.09. The molecule has 5 nitrogen and oxygen atoms in total. The van der Waals surface area contributed by atoms with Crippen LogP contribution in [-0.2, 0) is 6.54 Å². The SMILES string of the molecule is NCC#Cc1ccc(C(=O)NCc2nccs2)nc1. The first-order chi connectivity index (χ1) is 9.29. The number of pyridine rings is 1. The van der Waals surface area contributed by atoms with Crippen LogP contribution in [0.2, 0.25) is 0 Å². The van der Waals surface area contributed by atoms with Crippen molar-refractivity contribution in [3.05, 3.63) is 46.2 Å². The van der Waals surface area contributed by atoms with Gasteiger partial charge in [-0.2, -0.15) is 0 Å². The normalized spacial score (nSPS) is 9.53. The number of carbonyl (C=O) groups excluding carboxylic acids is 1. The van der Waals surface area contributed by atoms with Crippen LogP contribution in [0.4, 0.5) is 0 Å². The minimum absolute atomic E-state index is 0.228. The van der Waals surface area contributed by atoms with Gasteiger partial charge in [-0.1, -0.05) is 11.8 Å². The maximum absolute atomic E-state index is 11.8. The fourth-order valence-corrected chi connectivity index (χ4v) is 1.90. The van der Waals surface area contributed by atoms with Gasteiger partial charge in [-0.3, -0.25) is 4.79 Å². The summed E-state index contributed by atoms with van der Waals surface area (Å²) in [5, 5.41) is 5.48. The molecule has 0 aliphatic carbocycles. The highest BCUT2D eigenvalue weighted by atomic mass is 32.1. The molecular weight excluding hydrogens is 260 g/mol. The molecule has 19 heavy (non-hydrogen) atoms. The first-order valence-corrected chi connectivity index (χ1v) is 6.49. The molecule has 0 radical (unpaired) electrons. The van der Waals surface area contributed by atoms with E-state index >= 15 is 0 Å². The van der Waals surface area contributed by atoms with Crippen molar-refractivity contribution < 1.29 is 4.79 Å². The van der Waals surface area contributed by atoms with Crippen molar-refractivity contribution in [1.29, 1.82) is 0 Å². The molecular formula is C13H12N4OS. The summed E-state index contributed by atoms with van der Waals surface area (Å²) in [7, 11) is 0. The summed E-state index contributed by atoms with van der Waals surface area (Å²) in [5.74, 6) is 5.35. The van der Waals surface area contributed by atoms with Crippen molar-refractivity contribution in [3.8, 4) is 11.8 Å². The number of rotatable bonds is 3. The molecule has 3 N–H and O–H groups in total. The Kier molecular flexibility index (Phi) is 4.61. The van der Waals surface area contributed by atoms with Gasteiger partial charge >= 0.3 is 0 Å². The van der Waals surface area contributed by atoms with Gasteiger partial charge in [0.2, 0.25) is 0 Å². The quantitative estimate of drug-likeness (QED) is 0.809. The van der Waals surface area contributed by atoms with E-state index in [1.54, 1.807) is 24.5 Å². The third kappa shape index (κ3) is 3.88. The summed E-state index contributed by atoms with van der Waals surface area (Å²) in [5.41, 5.74) is 6.37. The van der Waals surface area contributed by atoms with Crippen molar-refractivity contribution in [3.63, 3.8) is 0 Å². The van der Waals surface area contributed by atoms with Crippen LogP contribution in [0.1, 0.15) is 21.1 Å². The number of nitrogens with two attached hydrogens (primary N) is 1. The summed E-state index contributed by atoms with van der Waals surface area (Å²) in [6.07, 6.45) is 3.26. The van der Waals surface area contributed by atoms with Crippen LogP contribution in [-0.4, -0.2) is 22.4 Å². The zero-order valence-electron chi connectivity index (χ0n) is 10.1. The lowest BCUT2D eigenvalue weighted by molar-refractivity contribution is 0.0946. The molecule has 0 aliphatic rings. The van der Waals surface area contributed by atoms with E-state index in [4.69, 9.17) is 5.73 Å². The van der Waals surface area contributed by atoms with Crippen molar-refractivity contribution >= 4 is 17.2 Å². The Hall–Kier alpha value is -2.23. The van der Waals surface area contributed by atoms with E-state index in [1.165, 1.54) is 11.3 Å². The highest BCUT2D eigenvalue weighted by Crippen LogP contribution is 2.04. The van der Waals surface area contributed by atoms with E-state index in [2.05, 4.69) is 27.1 Å². The molecule has 2 heterocycles. The minimum atomic E-state index is -0.228. The molecule has 0 unspecified atom stereocenters. The van der Waals surface area contributed by atoms with E-state index in [9.17, 15) is 4.79 Å². The molecule has 96 valence electrons. The summed E-state index contributed by atoms with van der Waals surface area (Å²) in [6.45, 7) is 0.711. The molecule has 0 aromatic carbocycles. The van der Waals surface area contributed by atoms with Crippen LogP contribution >= 0.6 is 11.3 Å². The third-order valence-electron chi connectivity index (χ3n) is 2.21. The average molecular weight is 272 g/mol. The van der Waals surface area contributed by atoms with E-state index in [1.807, 2.05) is 5.38 Å². The molecule has 2 aromatic heterocycles. The number of nitrogens with zero attached hydrogens (tertiary/aromatic N) is 2. The number of aromatic nitrogens is 2. The van der Waals surface area contributed by atoms with Crippen LogP contribution in [0.5, 0.6) is 0 Å². The van der Waals surface area contributed by atoms with E-state index in [0.29, 0.717) is 18.8 Å². The van der Waals surface area contributed by atoms with Gasteiger partial charge in [0.1, 0.15) is 10.7 Å². The molecule has 0 spiro atoms. The molecule has 6 heteroatoms. The van der Waals surface area contributed by atoms with Gasteiger partial charge in [-0.25, -0.2) is 9.97 Å². The second kappa shape index (κ2) is 6.64. The first-order valence-electron chi connectivity index (χ1n) is 5.61. The average Bonchev–Trinajstić information content (AvgIpc) is 2.96. The lowest BCUT2D eigenvalue weighted by Crippen LogP contribution is -2.23. The molecule has 2 aromatic rings. The second-order valence-electron chi connectivity index (χ2n) is 3.55. The molecule has 1 amide bonds. The predicted octanol–water partition coefficient (Wildman–Crippen LogP) is 0.778. The lowest BCUT2D eigenvalue weighted by Gasteiger charge is -2.02. The first kappa shape index (κ1) is 13.2. The maximum Gasteiger partial charge on any atom is 0.270 e. The van der Waals surface area contributed by atoms with Gasteiger partial charge < -0.3 is 11.1 Å². The number of nitrogens with one attached hydrogen (secondary N) is 1. The number of hydrogen-bond donors (Lipinski definition) is 2. The summed E-state index contributed by atoms with van der Waals surface area (Å²) < 4.78 is 0. The highest BCUT2D eigenvalue weighted by Gasteiger charge is 2.07. The molecule has 0 saturated carbocycles. The zero-order chi connectivity index (χ0) is 13.5. The Labute approximate surface area is 114 Å². The van der Waals surface area contributed by atoms with E-state index in [-0.39, 0.29) is 5.91 Å². The van der Waals surface area contributed by atoms with Gasteiger partial charge in [0.15, 0.2) is 0 Å².